The topological polar surface area (TPSA) is 111 Å². The fraction of sp³-hybridized carbons (Fsp3) is 0.591. The van der Waals surface area contributed by atoms with E-state index in [1.165, 1.54) is 31.4 Å². The second-order valence-electron chi connectivity index (χ2n) is 9.29. The highest BCUT2D eigenvalue weighted by molar-refractivity contribution is 7.90. The maximum Gasteiger partial charge on any atom is 0.315 e. The molecule has 0 saturated heterocycles. The molecule has 4 aliphatic carbocycles. The van der Waals surface area contributed by atoms with Gasteiger partial charge >= 0.3 is 11.8 Å². The summed E-state index contributed by atoms with van der Waals surface area (Å²) >= 11 is 0. The predicted octanol–water partition coefficient (Wildman–Crippen LogP) is 2.76. The minimum atomic E-state index is -3.61. The number of aromatic nitrogens is 2. The van der Waals surface area contributed by atoms with Crippen LogP contribution >= 0.6 is 0 Å². The Morgan fingerprint density at radius 2 is 1.74 bits per heavy atom. The van der Waals surface area contributed by atoms with Crippen molar-refractivity contribution in [3.8, 4) is 0 Å². The monoisotopic (exact) mass is 445 g/mol. The van der Waals surface area contributed by atoms with Crippen LogP contribution in [0.15, 0.2) is 39.8 Å². The van der Waals surface area contributed by atoms with Crippen LogP contribution in [0.1, 0.15) is 55.0 Å². The number of hydrogen-bond donors (Lipinski definition) is 1. The smallest absolute Gasteiger partial charge is 0.315 e. The molecule has 1 amide bonds. The second-order valence-corrected chi connectivity index (χ2v) is 11.3. The van der Waals surface area contributed by atoms with E-state index in [-0.39, 0.29) is 22.2 Å². The molecule has 1 aromatic carbocycles. The van der Waals surface area contributed by atoms with Crippen molar-refractivity contribution in [3.05, 3.63) is 42.0 Å². The first kappa shape index (κ1) is 20.6. The summed E-state index contributed by atoms with van der Waals surface area (Å²) in [5.41, 5.74) is 0.00291. The lowest BCUT2D eigenvalue weighted by molar-refractivity contribution is -0.161. The van der Waals surface area contributed by atoms with Crippen molar-refractivity contribution in [1.29, 1.82) is 0 Å². The number of nitrogens with zero attached hydrogens (tertiary/aromatic N) is 2. The molecule has 2 aromatic rings. The summed E-state index contributed by atoms with van der Waals surface area (Å²) in [6, 6.07) is 8.04. The van der Waals surface area contributed by atoms with Crippen molar-refractivity contribution in [2.24, 2.45) is 17.8 Å². The lowest BCUT2D eigenvalue weighted by Crippen LogP contribution is -2.52. The maximum atomic E-state index is 12.4. The molecule has 0 aliphatic heterocycles. The SMILES string of the molecule is O=C(NCCOC12CC3CC(CC(C3)C1)C2)c1nc(CS(=O)(=O)c2ccccc2)no1. The van der Waals surface area contributed by atoms with Crippen molar-refractivity contribution in [1.82, 2.24) is 15.5 Å². The minimum absolute atomic E-state index is 0.00291. The lowest BCUT2D eigenvalue weighted by atomic mass is 9.54. The van der Waals surface area contributed by atoms with E-state index in [0.717, 1.165) is 37.0 Å². The fourth-order valence-electron chi connectivity index (χ4n) is 6.00. The van der Waals surface area contributed by atoms with Crippen molar-refractivity contribution >= 4 is 15.7 Å². The number of ether oxygens (including phenoxy) is 1. The predicted molar refractivity (Wildman–Crippen MR) is 111 cm³/mol. The van der Waals surface area contributed by atoms with Gasteiger partial charge < -0.3 is 14.6 Å². The van der Waals surface area contributed by atoms with Gasteiger partial charge in [-0.2, -0.15) is 4.98 Å². The Hall–Kier alpha value is -2.26. The zero-order valence-corrected chi connectivity index (χ0v) is 18.1. The Morgan fingerprint density at radius 3 is 2.39 bits per heavy atom. The third kappa shape index (κ3) is 4.39. The van der Waals surface area contributed by atoms with E-state index in [4.69, 9.17) is 9.26 Å². The van der Waals surface area contributed by atoms with E-state index in [1.54, 1.807) is 18.2 Å². The standard InChI is InChI=1S/C22H27N3O5S/c26-20(21-24-19(25-30-21)14-31(27,28)18-4-2-1-3-5-18)23-6-7-29-22-11-15-8-16(12-22)10-17(9-15)13-22/h1-5,15-17H,6-14H2,(H,23,26). The van der Waals surface area contributed by atoms with E-state index in [0.29, 0.717) is 13.2 Å². The van der Waals surface area contributed by atoms with Gasteiger partial charge in [-0.25, -0.2) is 8.42 Å². The van der Waals surface area contributed by atoms with Gasteiger partial charge in [-0.15, -0.1) is 0 Å². The number of sulfone groups is 1. The second kappa shape index (κ2) is 8.02. The zero-order chi connectivity index (χ0) is 21.5. The highest BCUT2D eigenvalue weighted by Crippen LogP contribution is 2.57. The number of benzene rings is 1. The third-order valence-corrected chi connectivity index (χ3v) is 8.49. The molecule has 166 valence electrons. The maximum absolute atomic E-state index is 12.4. The van der Waals surface area contributed by atoms with Gasteiger partial charge in [0.15, 0.2) is 15.7 Å². The van der Waals surface area contributed by atoms with Crippen LogP contribution in [0.25, 0.3) is 0 Å². The minimum Gasteiger partial charge on any atom is -0.373 e. The number of carbonyl (C=O) groups is 1. The first-order valence-electron chi connectivity index (χ1n) is 10.9. The molecule has 4 saturated carbocycles. The molecule has 1 aromatic heterocycles. The molecule has 4 aliphatic rings. The summed E-state index contributed by atoms with van der Waals surface area (Å²) in [5.74, 6) is 1.19. The average Bonchev–Trinajstić information content (AvgIpc) is 3.19. The highest BCUT2D eigenvalue weighted by atomic mass is 32.2. The van der Waals surface area contributed by atoms with Crippen molar-refractivity contribution in [2.45, 2.75) is 54.8 Å². The molecular formula is C22H27N3O5S. The van der Waals surface area contributed by atoms with Crippen LogP contribution in [-0.4, -0.2) is 43.2 Å². The van der Waals surface area contributed by atoms with Crippen LogP contribution < -0.4 is 5.32 Å². The summed E-state index contributed by atoms with van der Waals surface area (Å²) < 4.78 is 36.1. The number of rotatable bonds is 8. The highest BCUT2D eigenvalue weighted by Gasteiger charge is 2.51. The molecule has 6 rings (SSSR count). The first-order valence-corrected chi connectivity index (χ1v) is 12.6. The van der Waals surface area contributed by atoms with Gasteiger partial charge in [0.05, 0.1) is 17.1 Å². The Kier molecular flexibility index (Phi) is 5.34. The summed E-state index contributed by atoms with van der Waals surface area (Å²) in [4.78, 5) is 16.4. The summed E-state index contributed by atoms with van der Waals surface area (Å²) in [6.45, 7) is 0.794. The van der Waals surface area contributed by atoms with Crippen LogP contribution in [0.3, 0.4) is 0 Å². The lowest BCUT2D eigenvalue weighted by Gasteiger charge is -2.56. The van der Waals surface area contributed by atoms with Crippen LogP contribution in [0.4, 0.5) is 0 Å². The van der Waals surface area contributed by atoms with Gasteiger partial charge in [0.25, 0.3) is 0 Å². The summed E-state index contributed by atoms with van der Waals surface area (Å²) in [6.07, 6.45) is 7.53. The molecule has 0 atom stereocenters. The van der Waals surface area contributed by atoms with E-state index >= 15 is 0 Å². The van der Waals surface area contributed by atoms with E-state index < -0.39 is 21.5 Å². The molecule has 0 unspecified atom stereocenters. The van der Waals surface area contributed by atoms with Gasteiger partial charge in [-0.1, -0.05) is 23.4 Å². The Balaban J connectivity index is 1.11. The van der Waals surface area contributed by atoms with Crippen molar-refractivity contribution in [3.63, 3.8) is 0 Å². The van der Waals surface area contributed by atoms with Crippen LogP contribution in [-0.2, 0) is 20.3 Å². The summed E-state index contributed by atoms with van der Waals surface area (Å²) in [5, 5.41) is 6.38. The molecular weight excluding hydrogens is 418 g/mol. The third-order valence-electron chi connectivity index (χ3n) is 6.86. The quantitative estimate of drug-likeness (QED) is 0.622. The van der Waals surface area contributed by atoms with Crippen molar-refractivity contribution < 1.29 is 22.5 Å². The molecule has 1 N–H and O–H groups in total. The Bertz CT molecular complexity index is 1010. The molecule has 4 bridgehead atoms. The molecule has 0 radical (unpaired) electrons. The number of carbonyl (C=O) groups excluding carboxylic acids is 1. The molecule has 0 spiro atoms. The zero-order valence-electron chi connectivity index (χ0n) is 17.3. The number of amides is 1. The van der Waals surface area contributed by atoms with Crippen LogP contribution in [0.2, 0.25) is 0 Å². The molecule has 9 heteroatoms. The fourth-order valence-corrected chi connectivity index (χ4v) is 7.20. The van der Waals surface area contributed by atoms with E-state index in [2.05, 4.69) is 15.5 Å². The molecule has 1 heterocycles. The average molecular weight is 446 g/mol. The molecule has 4 fully saturated rings. The number of hydrogen-bond acceptors (Lipinski definition) is 7. The Labute approximate surface area is 181 Å². The Morgan fingerprint density at radius 1 is 1.10 bits per heavy atom. The molecule has 31 heavy (non-hydrogen) atoms. The van der Waals surface area contributed by atoms with Crippen molar-refractivity contribution in [2.75, 3.05) is 13.2 Å². The van der Waals surface area contributed by atoms with Gasteiger partial charge in [0, 0.05) is 6.54 Å². The van der Waals surface area contributed by atoms with Crippen LogP contribution in [0.5, 0.6) is 0 Å². The van der Waals surface area contributed by atoms with Gasteiger partial charge in [-0.3, -0.25) is 4.79 Å². The first-order chi connectivity index (χ1) is 14.9. The van der Waals surface area contributed by atoms with E-state index in [9.17, 15) is 13.2 Å². The number of nitrogens with one attached hydrogen (secondary N) is 1. The van der Waals surface area contributed by atoms with Crippen LogP contribution in [0, 0.1) is 17.8 Å². The van der Waals surface area contributed by atoms with Gasteiger partial charge in [-0.05, 0) is 68.4 Å². The summed E-state index contributed by atoms with van der Waals surface area (Å²) in [7, 11) is -3.61. The molecule has 8 nitrogen and oxygen atoms in total. The van der Waals surface area contributed by atoms with Gasteiger partial charge in [0.2, 0.25) is 0 Å². The van der Waals surface area contributed by atoms with E-state index in [1.807, 2.05) is 0 Å². The van der Waals surface area contributed by atoms with Gasteiger partial charge in [0.1, 0.15) is 5.75 Å². The largest absolute Gasteiger partial charge is 0.373 e. The normalized spacial score (nSPS) is 29.2.